The van der Waals surface area contributed by atoms with Gasteiger partial charge in [-0.25, -0.2) is 4.79 Å². The maximum Gasteiger partial charge on any atom is 0.410 e. The van der Waals surface area contributed by atoms with E-state index >= 15 is 0 Å². The van der Waals surface area contributed by atoms with Crippen LogP contribution in [0, 0.1) is 6.92 Å². The number of ether oxygens (including phenoxy) is 1. The Balaban J connectivity index is 2.68. The molecule has 0 unspecified atom stereocenters. The molecule has 0 atom stereocenters. The van der Waals surface area contributed by atoms with Gasteiger partial charge in [0.2, 0.25) is 0 Å². The summed E-state index contributed by atoms with van der Waals surface area (Å²) < 4.78 is 10.4. The van der Waals surface area contributed by atoms with Crippen molar-refractivity contribution in [2.24, 2.45) is 0 Å². The number of rotatable bonds is 4. The Kier molecular flexibility index (Phi) is 4.40. The number of carbonyl (C=O) groups excluding carboxylic acids is 1. The SMILES string of the molecule is CCOC(=O)N(Cc1ccc(C)o1)C(C)C. The number of amides is 1. The molecule has 0 aliphatic heterocycles. The van der Waals surface area contributed by atoms with Gasteiger partial charge in [0, 0.05) is 6.04 Å². The quantitative estimate of drug-likeness (QED) is 0.791. The first-order chi connectivity index (χ1) is 7.54. The third-order valence-electron chi connectivity index (χ3n) is 2.25. The standard InChI is InChI=1S/C12H19NO3/c1-5-15-12(14)13(9(2)3)8-11-7-6-10(4)16-11/h6-7,9H,5,8H2,1-4H3. The van der Waals surface area contributed by atoms with E-state index in [2.05, 4.69) is 0 Å². The predicted molar refractivity (Wildman–Crippen MR) is 61.1 cm³/mol. The van der Waals surface area contributed by atoms with E-state index in [1.165, 1.54) is 0 Å². The van der Waals surface area contributed by atoms with Crippen molar-refractivity contribution >= 4 is 6.09 Å². The molecule has 4 heteroatoms. The fourth-order valence-corrected chi connectivity index (χ4v) is 1.40. The lowest BCUT2D eigenvalue weighted by Gasteiger charge is -2.24. The second-order valence-corrected chi connectivity index (χ2v) is 3.93. The topological polar surface area (TPSA) is 42.7 Å². The maximum atomic E-state index is 11.7. The van der Waals surface area contributed by atoms with Crippen molar-refractivity contribution in [2.45, 2.75) is 40.3 Å². The summed E-state index contributed by atoms with van der Waals surface area (Å²) in [4.78, 5) is 13.3. The van der Waals surface area contributed by atoms with Gasteiger partial charge in [-0.2, -0.15) is 0 Å². The fourth-order valence-electron chi connectivity index (χ4n) is 1.40. The van der Waals surface area contributed by atoms with E-state index in [0.29, 0.717) is 13.2 Å². The molecule has 1 rings (SSSR count). The molecule has 0 aliphatic rings. The van der Waals surface area contributed by atoms with Gasteiger partial charge in [0.15, 0.2) is 0 Å². The van der Waals surface area contributed by atoms with Crippen LogP contribution in [0.1, 0.15) is 32.3 Å². The van der Waals surface area contributed by atoms with E-state index in [4.69, 9.17) is 9.15 Å². The average Bonchev–Trinajstić information content (AvgIpc) is 2.60. The number of carbonyl (C=O) groups is 1. The number of hydrogen-bond donors (Lipinski definition) is 0. The van der Waals surface area contributed by atoms with Gasteiger partial charge in [0.25, 0.3) is 0 Å². The summed E-state index contributed by atoms with van der Waals surface area (Å²) in [5.74, 6) is 1.63. The molecule has 0 aliphatic carbocycles. The number of nitrogens with zero attached hydrogens (tertiary/aromatic N) is 1. The van der Waals surface area contributed by atoms with Gasteiger partial charge in [-0.1, -0.05) is 0 Å². The van der Waals surface area contributed by atoms with Crippen LogP contribution in [0.25, 0.3) is 0 Å². The molecule has 1 amide bonds. The van der Waals surface area contributed by atoms with Gasteiger partial charge < -0.3 is 9.15 Å². The Bertz CT molecular complexity index is 344. The average molecular weight is 225 g/mol. The molecule has 1 aromatic rings. The maximum absolute atomic E-state index is 11.7. The van der Waals surface area contributed by atoms with E-state index < -0.39 is 0 Å². The van der Waals surface area contributed by atoms with E-state index in [1.807, 2.05) is 32.9 Å². The minimum absolute atomic E-state index is 0.0875. The minimum atomic E-state index is -0.299. The van der Waals surface area contributed by atoms with Crippen molar-refractivity contribution < 1.29 is 13.9 Å². The van der Waals surface area contributed by atoms with Crippen LogP contribution >= 0.6 is 0 Å². The monoisotopic (exact) mass is 225 g/mol. The van der Waals surface area contributed by atoms with E-state index in [0.717, 1.165) is 11.5 Å². The summed E-state index contributed by atoms with van der Waals surface area (Å²) in [6.45, 7) is 8.42. The highest BCUT2D eigenvalue weighted by Gasteiger charge is 2.19. The van der Waals surface area contributed by atoms with Crippen molar-refractivity contribution in [1.82, 2.24) is 4.90 Å². The first-order valence-electron chi connectivity index (χ1n) is 5.53. The largest absolute Gasteiger partial charge is 0.464 e. The van der Waals surface area contributed by atoms with Gasteiger partial charge >= 0.3 is 6.09 Å². The van der Waals surface area contributed by atoms with Crippen LogP contribution in [0.2, 0.25) is 0 Å². The third-order valence-corrected chi connectivity index (χ3v) is 2.25. The second kappa shape index (κ2) is 5.58. The van der Waals surface area contributed by atoms with Gasteiger partial charge in [-0.15, -0.1) is 0 Å². The molecule has 0 saturated heterocycles. The number of furan rings is 1. The van der Waals surface area contributed by atoms with Crippen LogP contribution in [0.4, 0.5) is 4.79 Å². The Morgan fingerprint density at radius 2 is 2.19 bits per heavy atom. The van der Waals surface area contributed by atoms with Crippen molar-refractivity contribution in [3.63, 3.8) is 0 Å². The number of hydrogen-bond acceptors (Lipinski definition) is 3. The highest BCUT2D eigenvalue weighted by molar-refractivity contribution is 5.67. The molecule has 0 bridgehead atoms. The molecule has 1 heterocycles. The number of aryl methyl sites for hydroxylation is 1. The zero-order valence-corrected chi connectivity index (χ0v) is 10.3. The second-order valence-electron chi connectivity index (χ2n) is 3.93. The van der Waals surface area contributed by atoms with E-state index in [1.54, 1.807) is 11.8 Å². The van der Waals surface area contributed by atoms with Crippen LogP contribution in [-0.4, -0.2) is 23.6 Å². The van der Waals surface area contributed by atoms with E-state index in [9.17, 15) is 4.79 Å². The zero-order chi connectivity index (χ0) is 12.1. The summed E-state index contributed by atoms with van der Waals surface area (Å²) in [5.41, 5.74) is 0. The first-order valence-corrected chi connectivity index (χ1v) is 5.53. The predicted octanol–water partition coefficient (Wildman–Crippen LogP) is 2.95. The normalized spacial score (nSPS) is 10.6. The summed E-state index contributed by atoms with van der Waals surface area (Å²) in [7, 11) is 0. The van der Waals surface area contributed by atoms with Crippen LogP contribution in [-0.2, 0) is 11.3 Å². The molecule has 0 saturated carbocycles. The van der Waals surface area contributed by atoms with Crippen molar-refractivity contribution in [3.05, 3.63) is 23.7 Å². The van der Waals surface area contributed by atoms with Gasteiger partial charge in [-0.05, 0) is 39.8 Å². The lowest BCUT2D eigenvalue weighted by molar-refractivity contribution is 0.0897. The minimum Gasteiger partial charge on any atom is -0.464 e. The van der Waals surface area contributed by atoms with Crippen LogP contribution in [0.3, 0.4) is 0 Å². The molecule has 0 aromatic carbocycles. The molecule has 4 nitrogen and oxygen atoms in total. The summed E-state index contributed by atoms with van der Waals surface area (Å²) in [6.07, 6.45) is -0.299. The molecule has 0 fully saturated rings. The van der Waals surface area contributed by atoms with Crippen LogP contribution < -0.4 is 0 Å². The smallest absolute Gasteiger partial charge is 0.410 e. The van der Waals surface area contributed by atoms with E-state index in [-0.39, 0.29) is 12.1 Å². The fraction of sp³-hybridized carbons (Fsp3) is 0.583. The van der Waals surface area contributed by atoms with Gasteiger partial charge in [0.05, 0.1) is 13.2 Å². The molecular weight excluding hydrogens is 206 g/mol. The van der Waals surface area contributed by atoms with Gasteiger partial charge in [0.1, 0.15) is 11.5 Å². The van der Waals surface area contributed by atoms with Gasteiger partial charge in [-0.3, -0.25) is 4.90 Å². The van der Waals surface area contributed by atoms with Crippen molar-refractivity contribution in [3.8, 4) is 0 Å². The lowest BCUT2D eigenvalue weighted by atomic mass is 10.3. The highest BCUT2D eigenvalue weighted by atomic mass is 16.6. The van der Waals surface area contributed by atoms with Crippen LogP contribution in [0.15, 0.2) is 16.5 Å². The summed E-state index contributed by atoms with van der Waals surface area (Å²) in [5, 5.41) is 0. The molecule has 90 valence electrons. The molecular formula is C12H19NO3. The zero-order valence-electron chi connectivity index (χ0n) is 10.3. The van der Waals surface area contributed by atoms with Crippen molar-refractivity contribution in [1.29, 1.82) is 0 Å². The Labute approximate surface area is 96.2 Å². The third kappa shape index (κ3) is 3.29. The molecule has 0 radical (unpaired) electrons. The lowest BCUT2D eigenvalue weighted by Crippen LogP contribution is -2.36. The van der Waals surface area contributed by atoms with Crippen molar-refractivity contribution in [2.75, 3.05) is 6.61 Å². The molecule has 0 spiro atoms. The summed E-state index contributed by atoms with van der Waals surface area (Å²) in [6, 6.07) is 3.85. The highest BCUT2D eigenvalue weighted by Crippen LogP contribution is 2.12. The Morgan fingerprint density at radius 1 is 1.50 bits per heavy atom. The molecule has 0 N–H and O–H groups in total. The Morgan fingerprint density at radius 3 is 2.62 bits per heavy atom. The summed E-state index contributed by atoms with van der Waals surface area (Å²) >= 11 is 0. The first kappa shape index (κ1) is 12.6. The molecule has 16 heavy (non-hydrogen) atoms. The Hall–Kier alpha value is -1.45. The molecule has 1 aromatic heterocycles. The van der Waals surface area contributed by atoms with Crippen LogP contribution in [0.5, 0.6) is 0 Å².